The number of nitrogens with two attached hydrogens (primary N) is 1. The zero-order valence-corrected chi connectivity index (χ0v) is 20.3. The fourth-order valence-corrected chi connectivity index (χ4v) is 3.64. The second kappa shape index (κ2) is 10.8. The minimum atomic E-state index is -0.689. The van der Waals surface area contributed by atoms with E-state index in [9.17, 15) is 9.59 Å². The highest BCUT2D eigenvalue weighted by Crippen LogP contribution is 2.30. The van der Waals surface area contributed by atoms with Gasteiger partial charge in [-0.15, -0.1) is 11.6 Å². The molecule has 186 valence electrons. The molecule has 12 heteroatoms. The largest absolute Gasteiger partial charge is 0.497 e. The van der Waals surface area contributed by atoms with Gasteiger partial charge in [0, 0.05) is 48.5 Å². The number of carbonyl (C=O) groups is 2. The molecule has 5 N–H and O–H groups in total. The summed E-state index contributed by atoms with van der Waals surface area (Å²) < 4.78 is 12.3. The third kappa shape index (κ3) is 5.41. The predicted molar refractivity (Wildman–Crippen MR) is 137 cm³/mol. The average Bonchev–Trinajstić information content (AvgIpc) is 3.36. The third-order valence-electron chi connectivity index (χ3n) is 5.19. The minimum Gasteiger partial charge on any atom is -0.497 e. The van der Waals surface area contributed by atoms with Gasteiger partial charge in [-0.2, -0.15) is 4.98 Å². The fourth-order valence-electron chi connectivity index (χ4n) is 3.57. The maximum absolute atomic E-state index is 12.4. The molecular weight excluding hydrogens is 486 g/mol. The normalized spacial score (nSPS) is 10.6. The molecule has 0 atom stereocenters. The lowest BCUT2D eigenvalue weighted by molar-refractivity contribution is -0.113. The number of nitrogens with one attached hydrogen (secondary N) is 3. The van der Waals surface area contributed by atoms with Crippen molar-refractivity contribution in [3.8, 4) is 11.5 Å². The number of primary amides is 1. The van der Waals surface area contributed by atoms with E-state index in [2.05, 4.69) is 25.9 Å². The van der Waals surface area contributed by atoms with E-state index in [1.807, 2.05) is 18.2 Å². The maximum Gasteiger partial charge on any atom is 0.256 e. The highest BCUT2D eigenvalue weighted by Gasteiger charge is 2.20. The van der Waals surface area contributed by atoms with Crippen LogP contribution in [0.15, 0.2) is 54.9 Å². The monoisotopic (exact) mass is 509 g/mol. The molecule has 2 heterocycles. The van der Waals surface area contributed by atoms with E-state index in [1.54, 1.807) is 55.3 Å². The molecule has 2 amide bonds. The number of halogens is 1. The summed E-state index contributed by atoms with van der Waals surface area (Å²) in [7, 11) is 3.08. The average molecular weight is 510 g/mol. The van der Waals surface area contributed by atoms with Gasteiger partial charge in [-0.05, 0) is 17.7 Å². The summed E-state index contributed by atoms with van der Waals surface area (Å²) in [4.78, 5) is 32.9. The van der Waals surface area contributed by atoms with Gasteiger partial charge in [0.05, 0.1) is 14.2 Å². The van der Waals surface area contributed by atoms with Crippen LogP contribution < -0.4 is 31.2 Å². The lowest BCUT2D eigenvalue weighted by atomic mass is 10.2. The number of hydrogen-bond acceptors (Lipinski definition) is 8. The van der Waals surface area contributed by atoms with Gasteiger partial charge in [-0.25, -0.2) is 4.98 Å². The number of amides is 2. The first-order chi connectivity index (χ1) is 17.4. The van der Waals surface area contributed by atoms with Crippen LogP contribution in [0.4, 0.5) is 23.1 Å². The van der Waals surface area contributed by atoms with Crippen LogP contribution >= 0.6 is 11.6 Å². The van der Waals surface area contributed by atoms with Gasteiger partial charge in [-0.1, -0.05) is 12.1 Å². The van der Waals surface area contributed by atoms with Gasteiger partial charge < -0.3 is 31.2 Å². The lowest BCUT2D eigenvalue weighted by Crippen LogP contribution is -2.18. The third-order valence-corrected chi connectivity index (χ3v) is 5.43. The molecule has 4 aromatic rings. The summed E-state index contributed by atoms with van der Waals surface area (Å²) in [5.74, 6) is 0.618. The van der Waals surface area contributed by atoms with Crippen molar-refractivity contribution in [1.82, 2.24) is 14.4 Å². The number of nitrogens with zero attached hydrogens (tertiary/aromatic N) is 3. The number of hydrogen-bond donors (Lipinski definition) is 4. The summed E-state index contributed by atoms with van der Waals surface area (Å²) in [6, 6.07) is 12.5. The van der Waals surface area contributed by atoms with Gasteiger partial charge in [0.25, 0.3) is 5.91 Å². The first-order valence-electron chi connectivity index (χ1n) is 10.8. The summed E-state index contributed by atoms with van der Waals surface area (Å²) in [5, 5.41) is 9.11. The fraction of sp³-hybridized carbons (Fsp3) is 0.167. The van der Waals surface area contributed by atoms with E-state index in [4.69, 9.17) is 26.8 Å². The Kier molecular flexibility index (Phi) is 7.40. The number of benzene rings is 2. The number of rotatable bonds is 10. The van der Waals surface area contributed by atoms with Crippen molar-refractivity contribution in [3.05, 3.63) is 66.0 Å². The van der Waals surface area contributed by atoms with Crippen LogP contribution in [0.25, 0.3) is 5.65 Å². The summed E-state index contributed by atoms with van der Waals surface area (Å²) >= 11 is 5.58. The van der Waals surface area contributed by atoms with E-state index in [1.165, 1.54) is 0 Å². The minimum absolute atomic E-state index is 0.123. The predicted octanol–water partition coefficient (Wildman–Crippen LogP) is 3.38. The SMILES string of the molecule is COc1cc(Nc2nc(NCc3cccc(NC(=O)CCl)c3)n3ccnc3c2C(N)=O)cc(OC)c1. The second-order valence-electron chi connectivity index (χ2n) is 7.61. The van der Waals surface area contributed by atoms with E-state index in [0.29, 0.717) is 41.0 Å². The summed E-state index contributed by atoms with van der Waals surface area (Å²) in [5.41, 5.74) is 8.24. The van der Waals surface area contributed by atoms with E-state index in [0.717, 1.165) is 5.56 Å². The zero-order chi connectivity index (χ0) is 25.7. The second-order valence-corrected chi connectivity index (χ2v) is 7.87. The molecule has 36 heavy (non-hydrogen) atoms. The molecule has 0 fully saturated rings. The van der Waals surface area contributed by atoms with Crippen LogP contribution in [0, 0.1) is 0 Å². The van der Waals surface area contributed by atoms with E-state index < -0.39 is 5.91 Å². The number of ether oxygens (including phenoxy) is 2. The Balaban J connectivity index is 1.68. The number of methoxy groups -OCH3 is 2. The quantitative estimate of drug-likeness (QED) is 0.238. The molecule has 0 saturated carbocycles. The van der Waals surface area contributed by atoms with Crippen molar-refractivity contribution in [2.24, 2.45) is 5.73 Å². The molecular formula is C24H24ClN7O4. The van der Waals surface area contributed by atoms with Gasteiger partial charge >= 0.3 is 0 Å². The van der Waals surface area contributed by atoms with Crippen LogP contribution in [0.1, 0.15) is 15.9 Å². The van der Waals surface area contributed by atoms with E-state index >= 15 is 0 Å². The van der Waals surface area contributed by atoms with Crippen LogP contribution in [0.3, 0.4) is 0 Å². The van der Waals surface area contributed by atoms with Gasteiger partial charge in [0.1, 0.15) is 22.9 Å². The van der Waals surface area contributed by atoms with Crippen molar-refractivity contribution in [2.75, 3.05) is 36.0 Å². The molecule has 0 saturated heterocycles. The number of fused-ring (bicyclic) bond motifs is 1. The maximum atomic E-state index is 12.4. The molecule has 0 radical (unpaired) electrons. The first kappa shape index (κ1) is 24.6. The molecule has 0 spiro atoms. The number of imidazole rings is 1. The van der Waals surface area contributed by atoms with Crippen molar-refractivity contribution in [1.29, 1.82) is 0 Å². The standard InChI is InChI=1S/C24H24ClN7O4/c1-35-17-9-16(10-18(11-17)36-2)30-22-20(21(26)34)23-27-6-7-32(23)24(31-22)28-13-14-4-3-5-15(8-14)29-19(33)12-25/h3-11,30H,12-13H2,1-2H3,(H2,26,34)(H,28,31)(H,29,33). The summed E-state index contributed by atoms with van der Waals surface area (Å²) in [6.45, 7) is 0.368. The van der Waals surface area contributed by atoms with Crippen LogP contribution in [-0.2, 0) is 11.3 Å². The Bertz CT molecular complexity index is 1400. The Labute approximate surface area is 211 Å². The highest BCUT2D eigenvalue weighted by molar-refractivity contribution is 6.29. The van der Waals surface area contributed by atoms with Gasteiger partial charge in [-0.3, -0.25) is 14.0 Å². The Morgan fingerprint density at radius 3 is 2.50 bits per heavy atom. The molecule has 4 rings (SSSR count). The van der Waals surface area contributed by atoms with Crippen molar-refractivity contribution in [3.63, 3.8) is 0 Å². The lowest BCUT2D eigenvalue weighted by Gasteiger charge is -2.16. The topological polar surface area (TPSA) is 145 Å². The molecule has 0 aliphatic heterocycles. The molecule has 11 nitrogen and oxygen atoms in total. The van der Waals surface area contributed by atoms with Crippen LogP contribution in [0.5, 0.6) is 11.5 Å². The van der Waals surface area contributed by atoms with Crippen molar-refractivity contribution >= 4 is 52.2 Å². The Morgan fingerprint density at radius 2 is 1.83 bits per heavy atom. The molecule has 2 aromatic heterocycles. The summed E-state index contributed by atoms with van der Waals surface area (Å²) in [6.07, 6.45) is 3.22. The van der Waals surface area contributed by atoms with Crippen molar-refractivity contribution < 1.29 is 19.1 Å². The Morgan fingerprint density at radius 1 is 1.08 bits per heavy atom. The van der Waals surface area contributed by atoms with Crippen molar-refractivity contribution in [2.45, 2.75) is 6.54 Å². The van der Waals surface area contributed by atoms with Gasteiger partial charge in [0.2, 0.25) is 11.9 Å². The van der Waals surface area contributed by atoms with Gasteiger partial charge in [0.15, 0.2) is 11.5 Å². The smallest absolute Gasteiger partial charge is 0.256 e. The first-order valence-corrected chi connectivity index (χ1v) is 11.3. The highest BCUT2D eigenvalue weighted by atomic mass is 35.5. The number of aromatic nitrogens is 3. The van der Waals surface area contributed by atoms with Crippen LogP contribution in [-0.4, -0.2) is 46.3 Å². The number of carbonyl (C=O) groups excluding carboxylic acids is 2. The van der Waals surface area contributed by atoms with Crippen LogP contribution in [0.2, 0.25) is 0 Å². The molecule has 0 aliphatic rings. The molecule has 0 unspecified atom stereocenters. The molecule has 0 aliphatic carbocycles. The molecule has 2 aromatic carbocycles. The Hall–Kier alpha value is -4.51. The number of anilines is 4. The zero-order valence-electron chi connectivity index (χ0n) is 19.5. The molecule has 0 bridgehead atoms. The number of alkyl halides is 1. The van der Waals surface area contributed by atoms with E-state index in [-0.39, 0.29) is 23.2 Å².